The van der Waals surface area contributed by atoms with Crippen molar-refractivity contribution >= 4 is 56.5 Å². The van der Waals surface area contributed by atoms with Gasteiger partial charge in [0, 0.05) is 6.20 Å². The second-order valence-electron chi connectivity index (χ2n) is 4.43. The van der Waals surface area contributed by atoms with Crippen LogP contribution in [0.3, 0.4) is 0 Å². The normalized spacial score (nSPS) is 17.0. The molecule has 1 N–H and O–H groups in total. The number of halogens is 1. The van der Waals surface area contributed by atoms with Crippen LogP contribution in [0.1, 0.15) is 5.56 Å². The maximum Gasteiger partial charge on any atom is 0.323 e. The van der Waals surface area contributed by atoms with Gasteiger partial charge in [0.2, 0.25) is 0 Å². The van der Waals surface area contributed by atoms with E-state index in [4.69, 9.17) is 5.11 Å². The predicted molar refractivity (Wildman–Crippen MR) is 83.2 cm³/mol. The molecule has 2 aromatic rings. The van der Waals surface area contributed by atoms with Crippen molar-refractivity contribution in [3.05, 3.63) is 39.6 Å². The van der Waals surface area contributed by atoms with Crippen molar-refractivity contribution in [3.8, 4) is 0 Å². The molecule has 0 saturated carbocycles. The Labute approximate surface area is 136 Å². The first-order chi connectivity index (χ1) is 10.5. The minimum atomic E-state index is -1.23. The lowest BCUT2D eigenvalue weighted by Crippen LogP contribution is -2.33. The predicted octanol–water partition coefficient (Wildman–Crippen LogP) is 2.22. The average molecular weight is 382 g/mol. The Morgan fingerprint density at radius 1 is 1.41 bits per heavy atom. The van der Waals surface area contributed by atoms with Gasteiger partial charge in [-0.1, -0.05) is 0 Å². The third-order valence-electron chi connectivity index (χ3n) is 2.95. The number of hydrogen-bond acceptors (Lipinski definition) is 5. The van der Waals surface area contributed by atoms with Gasteiger partial charge >= 0.3 is 5.97 Å². The molecule has 0 unspecified atom stereocenters. The second-order valence-corrected chi connectivity index (χ2v) is 6.24. The van der Waals surface area contributed by atoms with E-state index in [0.29, 0.717) is 10.5 Å². The topological polar surface area (TPSA) is 92.0 Å². The third-order valence-corrected chi connectivity index (χ3v) is 4.44. The van der Waals surface area contributed by atoms with Gasteiger partial charge in [-0.25, -0.2) is 4.98 Å². The number of imidazole rings is 1. The summed E-state index contributed by atoms with van der Waals surface area (Å²) in [4.78, 5) is 39.5. The van der Waals surface area contributed by atoms with Crippen LogP contribution in [-0.2, 0) is 9.59 Å². The fraction of sp³-hybridized carbons (Fsp3) is 0.0769. The fourth-order valence-electron chi connectivity index (χ4n) is 1.98. The number of carbonyl (C=O) groups excluding carboxylic acids is 2. The van der Waals surface area contributed by atoms with Gasteiger partial charge in [-0.2, -0.15) is 0 Å². The number of rotatable bonds is 3. The highest BCUT2D eigenvalue weighted by Gasteiger charge is 2.36. The Bertz CT molecular complexity index is 845. The smallest absolute Gasteiger partial charge is 0.323 e. The highest BCUT2D eigenvalue weighted by atomic mass is 79.9. The minimum Gasteiger partial charge on any atom is -0.480 e. The Morgan fingerprint density at radius 3 is 2.91 bits per heavy atom. The molecule has 112 valence electrons. The molecule has 1 fully saturated rings. The first kappa shape index (κ1) is 14.8. The summed E-state index contributed by atoms with van der Waals surface area (Å²) in [6.45, 7) is -0.631. The number of fused-ring (bicyclic) bond motifs is 1. The van der Waals surface area contributed by atoms with Gasteiger partial charge in [0.15, 0.2) is 0 Å². The van der Waals surface area contributed by atoms with Gasteiger partial charge in [-0.15, -0.1) is 0 Å². The Kier molecular flexibility index (Phi) is 3.75. The zero-order chi connectivity index (χ0) is 15.9. The molecule has 0 aliphatic carbocycles. The molecule has 2 aromatic heterocycles. The maximum atomic E-state index is 12.1. The number of carbonyl (C=O) groups is 3. The van der Waals surface area contributed by atoms with Crippen molar-refractivity contribution in [1.82, 2.24) is 14.3 Å². The summed E-state index contributed by atoms with van der Waals surface area (Å²) in [5, 5.41) is 8.14. The highest BCUT2D eigenvalue weighted by molar-refractivity contribution is 9.10. The largest absolute Gasteiger partial charge is 0.480 e. The molecule has 0 aromatic carbocycles. The Hall–Kier alpha value is -2.13. The van der Waals surface area contributed by atoms with E-state index in [2.05, 4.69) is 20.9 Å². The molecule has 3 heterocycles. The van der Waals surface area contributed by atoms with Crippen LogP contribution in [-0.4, -0.2) is 43.1 Å². The van der Waals surface area contributed by atoms with Crippen LogP contribution < -0.4 is 0 Å². The summed E-state index contributed by atoms with van der Waals surface area (Å²) in [6.07, 6.45) is 4.97. The molecule has 0 atom stereocenters. The van der Waals surface area contributed by atoms with E-state index in [1.54, 1.807) is 35.0 Å². The molecular formula is C13H8BrN3O4S. The molecule has 7 nitrogen and oxygen atoms in total. The summed E-state index contributed by atoms with van der Waals surface area (Å²) >= 11 is 4.08. The van der Waals surface area contributed by atoms with Crippen molar-refractivity contribution < 1.29 is 19.5 Å². The first-order valence-corrected chi connectivity index (χ1v) is 7.66. The average Bonchev–Trinajstić information content (AvgIpc) is 2.95. The van der Waals surface area contributed by atoms with Gasteiger partial charge < -0.3 is 5.11 Å². The monoisotopic (exact) mass is 381 g/mol. The number of thioether (sulfide) groups is 1. The number of carboxylic acid groups (broad SMARTS) is 1. The number of nitrogens with zero attached hydrogens (tertiary/aromatic N) is 3. The molecule has 3 rings (SSSR count). The van der Waals surface area contributed by atoms with Gasteiger partial charge in [-0.05, 0) is 51.5 Å². The van der Waals surface area contributed by atoms with Gasteiger partial charge in [0.25, 0.3) is 11.1 Å². The number of imide groups is 1. The van der Waals surface area contributed by atoms with E-state index in [0.717, 1.165) is 22.0 Å². The molecular weight excluding hydrogens is 374 g/mol. The first-order valence-electron chi connectivity index (χ1n) is 6.05. The van der Waals surface area contributed by atoms with Crippen molar-refractivity contribution in [1.29, 1.82) is 0 Å². The summed E-state index contributed by atoms with van der Waals surface area (Å²) in [6, 6.07) is 3.54. The van der Waals surface area contributed by atoms with Crippen LogP contribution in [0.15, 0.2) is 34.0 Å². The third kappa shape index (κ3) is 2.64. The van der Waals surface area contributed by atoms with Gasteiger partial charge in [0.1, 0.15) is 16.8 Å². The maximum absolute atomic E-state index is 12.1. The van der Waals surface area contributed by atoms with Crippen LogP contribution in [0.4, 0.5) is 4.79 Å². The summed E-state index contributed by atoms with van der Waals surface area (Å²) in [5.41, 5.74) is 1.44. The number of amides is 2. The number of aliphatic carboxylic acids is 1. The van der Waals surface area contributed by atoms with Crippen LogP contribution in [0.25, 0.3) is 11.7 Å². The van der Waals surface area contributed by atoms with Crippen molar-refractivity contribution in [2.45, 2.75) is 0 Å². The lowest BCUT2D eigenvalue weighted by molar-refractivity contribution is -0.140. The highest BCUT2D eigenvalue weighted by Crippen LogP contribution is 2.32. The molecule has 1 saturated heterocycles. The van der Waals surface area contributed by atoms with Gasteiger partial charge in [-0.3, -0.25) is 23.7 Å². The number of pyridine rings is 1. The summed E-state index contributed by atoms with van der Waals surface area (Å²) in [7, 11) is 0. The molecule has 0 radical (unpaired) electrons. The minimum absolute atomic E-state index is 0.196. The summed E-state index contributed by atoms with van der Waals surface area (Å²) < 4.78 is 2.55. The van der Waals surface area contributed by atoms with E-state index in [9.17, 15) is 14.4 Å². The zero-order valence-corrected chi connectivity index (χ0v) is 13.3. The van der Waals surface area contributed by atoms with Gasteiger partial charge in [0.05, 0.1) is 11.1 Å². The van der Waals surface area contributed by atoms with E-state index in [-0.39, 0.29) is 4.91 Å². The Morgan fingerprint density at radius 2 is 2.18 bits per heavy atom. The lowest BCUT2D eigenvalue weighted by atomic mass is 10.2. The standard InChI is InChI=1S/C13H8BrN3O4S/c14-9-4-15-10-2-1-7(5-16(9)10)3-8-12(20)17(6-11(18)19)13(21)22-8/h1-5H,6H2,(H,18,19). The zero-order valence-electron chi connectivity index (χ0n) is 10.9. The molecule has 1 aliphatic heterocycles. The molecule has 0 spiro atoms. The molecule has 22 heavy (non-hydrogen) atoms. The van der Waals surface area contributed by atoms with E-state index in [1.807, 2.05) is 0 Å². The molecule has 2 amide bonds. The fourth-order valence-corrected chi connectivity index (χ4v) is 3.20. The lowest BCUT2D eigenvalue weighted by Gasteiger charge is -2.07. The molecule has 1 aliphatic rings. The van der Waals surface area contributed by atoms with Crippen LogP contribution >= 0.6 is 27.7 Å². The van der Waals surface area contributed by atoms with Crippen LogP contribution in [0, 0.1) is 0 Å². The van der Waals surface area contributed by atoms with Crippen LogP contribution in [0.2, 0.25) is 0 Å². The summed E-state index contributed by atoms with van der Waals surface area (Å²) in [5.74, 6) is -1.82. The van der Waals surface area contributed by atoms with E-state index >= 15 is 0 Å². The quantitative estimate of drug-likeness (QED) is 0.819. The molecule has 0 bridgehead atoms. The van der Waals surface area contributed by atoms with E-state index in [1.165, 1.54) is 0 Å². The second kappa shape index (κ2) is 5.58. The Balaban J connectivity index is 1.93. The van der Waals surface area contributed by atoms with Crippen molar-refractivity contribution in [3.63, 3.8) is 0 Å². The van der Waals surface area contributed by atoms with Crippen molar-refractivity contribution in [2.24, 2.45) is 0 Å². The number of hydrogen-bond donors (Lipinski definition) is 1. The number of aromatic nitrogens is 2. The molecule has 9 heteroatoms. The van der Waals surface area contributed by atoms with Crippen molar-refractivity contribution in [2.75, 3.05) is 6.54 Å². The van der Waals surface area contributed by atoms with E-state index < -0.39 is 23.7 Å². The SMILES string of the molecule is O=C(O)CN1C(=O)SC(=Cc2ccc3ncc(Br)n3c2)C1=O. The van der Waals surface area contributed by atoms with Crippen LogP contribution in [0.5, 0.6) is 0 Å². The number of carboxylic acids is 1.